The largest absolute Gasteiger partial charge is 0.370 e. The van der Waals surface area contributed by atoms with Crippen molar-refractivity contribution in [2.24, 2.45) is 5.73 Å². The van der Waals surface area contributed by atoms with Gasteiger partial charge in [0.2, 0.25) is 11.8 Å². The maximum Gasteiger partial charge on any atom is 0.224 e. The summed E-state index contributed by atoms with van der Waals surface area (Å²) in [6.45, 7) is 0. The third kappa shape index (κ3) is 6.04. The van der Waals surface area contributed by atoms with Gasteiger partial charge in [0.15, 0.2) is 0 Å². The van der Waals surface area contributed by atoms with E-state index >= 15 is 0 Å². The van der Waals surface area contributed by atoms with Crippen LogP contribution in [0.1, 0.15) is 18.4 Å². The van der Waals surface area contributed by atoms with Gasteiger partial charge in [-0.3, -0.25) is 9.59 Å². The molecule has 0 aliphatic rings. The predicted octanol–water partition coefficient (Wildman–Crippen LogP) is 3.36. The standard InChI is InChI=1S/C18H19FN2O2S/c19-14-8-5-13(6-9-14)7-10-18(23)21-15-3-1-2-4-16(15)24-12-11-17(20)22/h1-6,8-9H,7,10-12H2,(H2,20,22)(H,21,23). The van der Waals surface area contributed by atoms with Gasteiger partial charge in [0.25, 0.3) is 0 Å². The summed E-state index contributed by atoms with van der Waals surface area (Å²) < 4.78 is 12.9. The molecular formula is C18H19FN2O2S. The second kappa shape index (κ2) is 9.08. The molecular weight excluding hydrogens is 327 g/mol. The Morgan fingerprint density at radius 2 is 1.75 bits per heavy atom. The maximum absolute atomic E-state index is 12.9. The monoisotopic (exact) mass is 346 g/mol. The number of nitrogens with one attached hydrogen (secondary N) is 1. The number of aryl methyl sites for hydroxylation is 1. The topological polar surface area (TPSA) is 72.2 Å². The molecule has 0 saturated carbocycles. The molecule has 0 spiro atoms. The van der Waals surface area contributed by atoms with Gasteiger partial charge in [0, 0.05) is 23.5 Å². The Balaban J connectivity index is 1.88. The highest BCUT2D eigenvalue weighted by molar-refractivity contribution is 7.99. The number of hydrogen-bond acceptors (Lipinski definition) is 3. The fourth-order valence-electron chi connectivity index (χ4n) is 2.08. The molecule has 0 saturated heterocycles. The molecule has 0 unspecified atom stereocenters. The van der Waals surface area contributed by atoms with Crippen LogP contribution < -0.4 is 11.1 Å². The molecule has 2 aromatic carbocycles. The lowest BCUT2D eigenvalue weighted by atomic mass is 10.1. The third-order valence-corrected chi connectivity index (χ3v) is 4.40. The van der Waals surface area contributed by atoms with E-state index in [0.717, 1.165) is 16.1 Å². The molecule has 0 aromatic heterocycles. The Bertz CT molecular complexity index is 704. The Morgan fingerprint density at radius 3 is 2.46 bits per heavy atom. The van der Waals surface area contributed by atoms with Gasteiger partial charge in [-0.15, -0.1) is 11.8 Å². The summed E-state index contributed by atoms with van der Waals surface area (Å²) in [5, 5.41) is 2.88. The first-order chi connectivity index (χ1) is 11.5. The molecule has 2 rings (SSSR count). The van der Waals surface area contributed by atoms with Crippen LogP contribution in [0.2, 0.25) is 0 Å². The summed E-state index contributed by atoms with van der Waals surface area (Å²) in [7, 11) is 0. The first-order valence-corrected chi connectivity index (χ1v) is 8.57. The fourth-order valence-corrected chi connectivity index (χ4v) is 3.05. The van der Waals surface area contributed by atoms with Crippen LogP contribution in [0.5, 0.6) is 0 Å². The van der Waals surface area contributed by atoms with E-state index in [1.54, 1.807) is 12.1 Å². The zero-order valence-corrected chi connectivity index (χ0v) is 13.9. The minimum Gasteiger partial charge on any atom is -0.370 e. The van der Waals surface area contributed by atoms with Gasteiger partial charge in [0.1, 0.15) is 5.82 Å². The van der Waals surface area contributed by atoms with Crippen LogP contribution in [0.15, 0.2) is 53.4 Å². The van der Waals surface area contributed by atoms with E-state index in [1.165, 1.54) is 23.9 Å². The molecule has 0 radical (unpaired) electrons. The number of nitrogens with two attached hydrogens (primary N) is 1. The van der Waals surface area contributed by atoms with E-state index in [0.29, 0.717) is 18.6 Å². The number of para-hydroxylation sites is 1. The van der Waals surface area contributed by atoms with Gasteiger partial charge in [0.05, 0.1) is 5.69 Å². The van der Waals surface area contributed by atoms with Gasteiger partial charge >= 0.3 is 0 Å². The molecule has 3 N–H and O–H groups in total. The van der Waals surface area contributed by atoms with Gasteiger partial charge in [-0.05, 0) is 36.2 Å². The summed E-state index contributed by atoms with van der Waals surface area (Å²) in [5.41, 5.74) is 6.77. The third-order valence-electron chi connectivity index (χ3n) is 3.32. The zero-order chi connectivity index (χ0) is 17.4. The van der Waals surface area contributed by atoms with Crippen LogP contribution in [0.3, 0.4) is 0 Å². The van der Waals surface area contributed by atoms with Gasteiger partial charge in [-0.1, -0.05) is 24.3 Å². The van der Waals surface area contributed by atoms with E-state index in [1.807, 2.05) is 24.3 Å². The molecule has 24 heavy (non-hydrogen) atoms. The van der Waals surface area contributed by atoms with Crippen molar-refractivity contribution < 1.29 is 14.0 Å². The van der Waals surface area contributed by atoms with Crippen molar-refractivity contribution in [3.63, 3.8) is 0 Å². The summed E-state index contributed by atoms with van der Waals surface area (Å²) in [6.07, 6.45) is 1.15. The highest BCUT2D eigenvalue weighted by Crippen LogP contribution is 2.27. The minimum atomic E-state index is -0.344. The van der Waals surface area contributed by atoms with Crippen LogP contribution in [-0.4, -0.2) is 17.6 Å². The molecule has 0 fully saturated rings. The Kier molecular flexibility index (Phi) is 6.81. The van der Waals surface area contributed by atoms with Crippen LogP contribution in [0, 0.1) is 5.82 Å². The molecule has 0 heterocycles. The molecule has 0 aliphatic carbocycles. The molecule has 6 heteroatoms. The maximum atomic E-state index is 12.9. The lowest BCUT2D eigenvalue weighted by Crippen LogP contribution is -2.13. The van der Waals surface area contributed by atoms with Gasteiger partial charge in [-0.2, -0.15) is 0 Å². The number of thioether (sulfide) groups is 1. The van der Waals surface area contributed by atoms with Crippen LogP contribution in [0.4, 0.5) is 10.1 Å². The number of carbonyl (C=O) groups is 2. The molecule has 0 aliphatic heterocycles. The number of rotatable bonds is 8. The smallest absolute Gasteiger partial charge is 0.224 e. The first-order valence-electron chi connectivity index (χ1n) is 7.59. The van der Waals surface area contributed by atoms with Crippen molar-refractivity contribution in [2.45, 2.75) is 24.2 Å². The number of halogens is 1. The van der Waals surface area contributed by atoms with E-state index in [9.17, 15) is 14.0 Å². The lowest BCUT2D eigenvalue weighted by Gasteiger charge is -2.10. The summed E-state index contributed by atoms with van der Waals surface area (Å²) in [4.78, 5) is 23.8. The molecule has 4 nitrogen and oxygen atoms in total. The van der Waals surface area contributed by atoms with Gasteiger partial charge < -0.3 is 11.1 Å². The molecule has 2 aromatic rings. The average molecular weight is 346 g/mol. The molecule has 2 amide bonds. The average Bonchev–Trinajstić information content (AvgIpc) is 2.55. The second-order valence-corrected chi connectivity index (χ2v) is 6.37. The summed E-state index contributed by atoms with van der Waals surface area (Å²) >= 11 is 1.48. The van der Waals surface area contributed by atoms with Crippen LogP contribution >= 0.6 is 11.8 Å². The lowest BCUT2D eigenvalue weighted by molar-refractivity contribution is -0.118. The van der Waals surface area contributed by atoms with Crippen molar-refractivity contribution in [1.29, 1.82) is 0 Å². The molecule has 0 atom stereocenters. The summed E-state index contributed by atoms with van der Waals surface area (Å²) in [5.74, 6) is -0.173. The first kappa shape index (κ1) is 18.0. The predicted molar refractivity (Wildman–Crippen MR) is 94.3 cm³/mol. The number of benzene rings is 2. The van der Waals surface area contributed by atoms with Crippen LogP contribution in [-0.2, 0) is 16.0 Å². The van der Waals surface area contributed by atoms with Crippen LogP contribution in [0.25, 0.3) is 0 Å². The summed E-state index contributed by atoms with van der Waals surface area (Å²) in [6, 6.07) is 13.6. The highest BCUT2D eigenvalue weighted by Gasteiger charge is 2.08. The van der Waals surface area contributed by atoms with Crippen molar-refractivity contribution >= 4 is 29.3 Å². The quantitative estimate of drug-likeness (QED) is 0.720. The highest BCUT2D eigenvalue weighted by atomic mass is 32.2. The number of anilines is 1. The zero-order valence-electron chi connectivity index (χ0n) is 13.1. The molecule has 126 valence electrons. The number of amides is 2. The van der Waals surface area contributed by atoms with E-state index < -0.39 is 0 Å². The Hall–Kier alpha value is -2.34. The van der Waals surface area contributed by atoms with Crippen molar-refractivity contribution in [2.75, 3.05) is 11.1 Å². The molecule has 0 bridgehead atoms. The van der Waals surface area contributed by atoms with Gasteiger partial charge in [-0.25, -0.2) is 4.39 Å². The Labute approximate surface area is 144 Å². The SMILES string of the molecule is NC(=O)CCSc1ccccc1NC(=O)CCc1ccc(F)cc1. The number of primary amides is 1. The van der Waals surface area contributed by atoms with E-state index in [2.05, 4.69) is 5.32 Å². The Morgan fingerprint density at radius 1 is 1.04 bits per heavy atom. The van der Waals surface area contributed by atoms with E-state index in [4.69, 9.17) is 5.73 Å². The number of hydrogen-bond donors (Lipinski definition) is 2. The normalized spacial score (nSPS) is 10.4. The number of carbonyl (C=O) groups excluding carboxylic acids is 2. The minimum absolute atomic E-state index is 0.109. The van der Waals surface area contributed by atoms with Crippen molar-refractivity contribution in [1.82, 2.24) is 0 Å². The van der Waals surface area contributed by atoms with E-state index in [-0.39, 0.29) is 24.1 Å². The fraction of sp³-hybridized carbons (Fsp3) is 0.222. The van der Waals surface area contributed by atoms with Crippen molar-refractivity contribution in [3.8, 4) is 0 Å². The van der Waals surface area contributed by atoms with Crippen molar-refractivity contribution in [3.05, 3.63) is 59.9 Å². The second-order valence-electron chi connectivity index (χ2n) is 5.24.